The van der Waals surface area contributed by atoms with Crippen molar-refractivity contribution in [2.45, 2.75) is 64.7 Å². The molecule has 2 nitrogen and oxygen atoms in total. The van der Waals surface area contributed by atoms with Crippen molar-refractivity contribution in [3.63, 3.8) is 0 Å². The van der Waals surface area contributed by atoms with Crippen molar-refractivity contribution in [3.8, 4) is 5.75 Å². The monoisotopic (exact) mass is 501 g/mol. The molecule has 0 radical (unpaired) electrons. The van der Waals surface area contributed by atoms with Crippen LogP contribution in [0.15, 0.2) is 24.3 Å². The molecule has 0 aromatic heterocycles. The van der Waals surface area contributed by atoms with Crippen LogP contribution in [0.3, 0.4) is 0 Å². The third kappa shape index (κ3) is 6.38. The lowest BCUT2D eigenvalue weighted by atomic mass is 9.95. The van der Waals surface area contributed by atoms with Gasteiger partial charge in [0, 0.05) is 13.1 Å². The van der Waals surface area contributed by atoms with E-state index < -0.39 is 0 Å². The molecule has 0 aliphatic carbocycles. The molecular weight excluding hydrogens is 472 g/mol. The molecular formula is C25H31Cl4NO. The summed E-state index contributed by atoms with van der Waals surface area (Å²) >= 11 is 25.9. The van der Waals surface area contributed by atoms with Crippen molar-refractivity contribution in [3.05, 3.63) is 55.5 Å². The first-order valence-corrected chi connectivity index (χ1v) is 12.6. The number of halogens is 4. The van der Waals surface area contributed by atoms with Gasteiger partial charge in [-0.2, -0.15) is 0 Å². The topological polar surface area (TPSA) is 12.5 Å². The summed E-state index contributed by atoms with van der Waals surface area (Å²) in [5, 5.41) is 2.67. The Bertz CT molecular complexity index is 847. The molecule has 0 saturated carbocycles. The van der Waals surface area contributed by atoms with Crippen LogP contribution in [-0.2, 0) is 0 Å². The molecule has 3 rings (SSSR count). The lowest BCUT2D eigenvalue weighted by Gasteiger charge is -2.22. The summed E-state index contributed by atoms with van der Waals surface area (Å²) in [6.07, 6.45) is 5.39. The molecule has 1 fully saturated rings. The second-order valence-electron chi connectivity index (χ2n) is 8.74. The number of anilines is 1. The molecule has 1 aliphatic heterocycles. The summed E-state index contributed by atoms with van der Waals surface area (Å²) in [6.45, 7) is 9.10. The maximum absolute atomic E-state index is 6.60. The Balaban J connectivity index is 1.50. The van der Waals surface area contributed by atoms with Gasteiger partial charge >= 0.3 is 0 Å². The zero-order valence-corrected chi connectivity index (χ0v) is 21.5. The summed E-state index contributed by atoms with van der Waals surface area (Å²) in [5.41, 5.74) is 3.29. The van der Waals surface area contributed by atoms with Crippen LogP contribution in [0.2, 0.25) is 20.1 Å². The van der Waals surface area contributed by atoms with Gasteiger partial charge in [-0.15, -0.1) is 0 Å². The van der Waals surface area contributed by atoms with Crippen molar-refractivity contribution in [2.75, 3.05) is 24.6 Å². The number of rotatable bonds is 9. The first-order valence-electron chi connectivity index (χ1n) is 11.1. The van der Waals surface area contributed by atoms with E-state index in [1.165, 1.54) is 18.4 Å². The van der Waals surface area contributed by atoms with Gasteiger partial charge < -0.3 is 9.64 Å². The number of hydrogen-bond acceptors (Lipinski definition) is 2. The average molecular weight is 503 g/mol. The van der Waals surface area contributed by atoms with E-state index in [9.17, 15) is 0 Å². The number of nitrogens with zero attached hydrogens (tertiary/aromatic N) is 1. The Morgan fingerprint density at radius 3 is 1.90 bits per heavy atom. The van der Waals surface area contributed by atoms with Crippen molar-refractivity contribution in [1.29, 1.82) is 0 Å². The second-order valence-corrected chi connectivity index (χ2v) is 10.4. The minimum Gasteiger partial charge on any atom is -0.490 e. The van der Waals surface area contributed by atoms with Crippen LogP contribution in [0.4, 0.5) is 5.69 Å². The Labute approximate surface area is 206 Å². The van der Waals surface area contributed by atoms with Crippen molar-refractivity contribution >= 4 is 52.1 Å². The lowest BCUT2D eigenvalue weighted by Crippen LogP contribution is -2.18. The fourth-order valence-corrected chi connectivity index (χ4v) is 5.41. The molecule has 1 aliphatic rings. The standard InChI is InChI=1S/C25H31Cl4NO/c1-16(2)18-12-22(28)25(23(29)13-18)31-11-7-4-8-17(3)19-14-20(26)24(21(27)15-19)30-9-5-6-10-30/h12-17H,4-11H2,1-3H3. The highest BCUT2D eigenvalue weighted by molar-refractivity contribution is 6.39. The van der Waals surface area contributed by atoms with Gasteiger partial charge in [0.05, 0.1) is 32.4 Å². The van der Waals surface area contributed by atoms with E-state index >= 15 is 0 Å². The van der Waals surface area contributed by atoms with E-state index in [2.05, 4.69) is 37.8 Å². The molecule has 2 aromatic carbocycles. The predicted octanol–water partition coefficient (Wildman–Crippen LogP) is 9.38. The van der Waals surface area contributed by atoms with Crippen molar-refractivity contribution in [1.82, 2.24) is 0 Å². The van der Waals surface area contributed by atoms with Crippen LogP contribution in [-0.4, -0.2) is 19.7 Å². The Hall–Kier alpha value is -0.800. The number of benzene rings is 2. The fourth-order valence-electron chi connectivity index (χ4n) is 4.06. The van der Waals surface area contributed by atoms with Crippen molar-refractivity contribution < 1.29 is 4.74 Å². The van der Waals surface area contributed by atoms with Crippen LogP contribution in [0, 0.1) is 0 Å². The van der Waals surface area contributed by atoms with Gasteiger partial charge in [0.1, 0.15) is 0 Å². The summed E-state index contributed by atoms with van der Waals surface area (Å²) < 4.78 is 5.89. The summed E-state index contributed by atoms with van der Waals surface area (Å²) in [6, 6.07) is 8.04. The molecule has 0 bridgehead atoms. The number of ether oxygens (including phenoxy) is 1. The first-order chi connectivity index (χ1) is 14.8. The lowest BCUT2D eigenvalue weighted by molar-refractivity contribution is 0.304. The largest absolute Gasteiger partial charge is 0.490 e. The van der Waals surface area contributed by atoms with Crippen molar-refractivity contribution in [2.24, 2.45) is 0 Å². The molecule has 1 unspecified atom stereocenters. The maximum Gasteiger partial charge on any atom is 0.156 e. The third-order valence-corrected chi connectivity index (χ3v) is 7.13. The van der Waals surface area contributed by atoms with E-state index in [-0.39, 0.29) is 0 Å². The van der Waals surface area contributed by atoms with E-state index in [4.69, 9.17) is 51.1 Å². The Morgan fingerprint density at radius 1 is 0.806 bits per heavy atom. The first kappa shape index (κ1) is 24.8. The number of hydrogen-bond donors (Lipinski definition) is 0. The highest BCUT2D eigenvalue weighted by Gasteiger charge is 2.20. The van der Waals surface area contributed by atoms with Gasteiger partial charge in [-0.3, -0.25) is 0 Å². The summed E-state index contributed by atoms with van der Waals surface area (Å²) in [7, 11) is 0. The molecule has 0 spiro atoms. The Kier molecular flexibility index (Phi) is 9.11. The van der Waals surface area contributed by atoms with E-state index in [0.29, 0.717) is 34.2 Å². The quantitative estimate of drug-likeness (QED) is 0.316. The molecule has 1 atom stereocenters. The summed E-state index contributed by atoms with van der Waals surface area (Å²) in [4.78, 5) is 2.29. The highest BCUT2D eigenvalue weighted by atomic mass is 35.5. The molecule has 6 heteroatoms. The van der Waals surface area contributed by atoms with Gasteiger partial charge in [0.15, 0.2) is 5.75 Å². The summed E-state index contributed by atoms with van der Waals surface area (Å²) in [5.74, 6) is 1.33. The van der Waals surface area contributed by atoms with Crippen LogP contribution in [0.5, 0.6) is 5.75 Å². The molecule has 170 valence electrons. The molecule has 1 saturated heterocycles. The molecule has 1 heterocycles. The molecule has 0 N–H and O–H groups in total. The normalized spacial score (nSPS) is 15.0. The fraction of sp³-hybridized carbons (Fsp3) is 0.520. The highest BCUT2D eigenvalue weighted by Crippen LogP contribution is 2.39. The van der Waals surface area contributed by atoms with Gasteiger partial charge in [-0.1, -0.05) is 67.2 Å². The zero-order chi connectivity index (χ0) is 22.5. The predicted molar refractivity (Wildman–Crippen MR) is 136 cm³/mol. The molecule has 31 heavy (non-hydrogen) atoms. The van der Waals surface area contributed by atoms with Gasteiger partial charge in [0.2, 0.25) is 0 Å². The third-order valence-electron chi connectivity index (χ3n) is 6.00. The van der Waals surface area contributed by atoms with Gasteiger partial charge in [-0.25, -0.2) is 0 Å². The Morgan fingerprint density at radius 2 is 1.35 bits per heavy atom. The van der Waals surface area contributed by atoms with Gasteiger partial charge in [-0.05, 0) is 79.3 Å². The SMILES string of the molecule is CC(C)c1cc(Cl)c(OCCCCC(C)c2cc(Cl)c(N3CCCC3)c(Cl)c2)c(Cl)c1. The van der Waals surface area contributed by atoms with E-state index in [1.54, 1.807) is 0 Å². The average Bonchev–Trinajstić information content (AvgIpc) is 3.22. The van der Waals surface area contributed by atoms with Crippen LogP contribution in [0.25, 0.3) is 0 Å². The van der Waals surface area contributed by atoms with E-state index in [0.717, 1.165) is 53.6 Å². The van der Waals surface area contributed by atoms with Crippen LogP contribution < -0.4 is 9.64 Å². The van der Waals surface area contributed by atoms with E-state index in [1.807, 2.05) is 12.1 Å². The zero-order valence-electron chi connectivity index (χ0n) is 18.5. The smallest absolute Gasteiger partial charge is 0.156 e. The maximum atomic E-state index is 6.60. The van der Waals surface area contributed by atoms with Crippen LogP contribution >= 0.6 is 46.4 Å². The van der Waals surface area contributed by atoms with Gasteiger partial charge in [0.25, 0.3) is 0 Å². The van der Waals surface area contributed by atoms with Crippen LogP contribution in [0.1, 0.15) is 75.8 Å². The second kappa shape index (κ2) is 11.4. The minimum absolute atomic E-state index is 0.372. The molecule has 0 amide bonds. The minimum atomic E-state index is 0.372. The molecule has 2 aromatic rings. The number of unbranched alkanes of at least 4 members (excludes halogenated alkanes) is 1.